The smallest absolute Gasteiger partial charge is 0.267 e. The number of amides is 2. The van der Waals surface area contributed by atoms with Crippen LogP contribution < -0.4 is 20.1 Å². The number of nitrogens with one attached hydrogen (secondary N) is 2. The first-order valence-corrected chi connectivity index (χ1v) is 10.6. The van der Waals surface area contributed by atoms with E-state index in [4.69, 9.17) is 32.7 Å². The van der Waals surface area contributed by atoms with Crippen molar-refractivity contribution in [2.24, 2.45) is 0 Å². The molecule has 2 amide bonds. The highest BCUT2D eigenvalue weighted by Crippen LogP contribution is 2.28. The number of halogens is 2. The summed E-state index contributed by atoms with van der Waals surface area (Å²) >= 11 is 12.0. The van der Waals surface area contributed by atoms with Gasteiger partial charge in [-0.3, -0.25) is 9.59 Å². The summed E-state index contributed by atoms with van der Waals surface area (Å²) in [6.45, 7) is 2.55. The van der Waals surface area contributed by atoms with E-state index in [9.17, 15) is 9.59 Å². The zero-order valence-corrected chi connectivity index (χ0v) is 19.3. The first-order chi connectivity index (χ1) is 14.9. The Morgan fingerprint density at radius 1 is 1.00 bits per heavy atom. The number of hydrogen-bond donors (Lipinski definition) is 2. The Balaban J connectivity index is 2.25. The molecule has 8 heteroatoms. The van der Waals surface area contributed by atoms with Gasteiger partial charge in [0.1, 0.15) is 5.70 Å². The van der Waals surface area contributed by atoms with Crippen molar-refractivity contribution in [3.05, 3.63) is 63.3 Å². The Hall–Kier alpha value is -2.70. The first-order valence-electron chi connectivity index (χ1n) is 9.83. The van der Waals surface area contributed by atoms with Crippen molar-refractivity contribution in [2.45, 2.75) is 26.2 Å². The van der Waals surface area contributed by atoms with Crippen LogP contribution in [-0.4, -0.2) is 32.6 Å². The molecule has 2 aromatic rings. The first kappa shape index (κ1) is 24.6. The molecule has 0 unspecified atom stereocenters. The predicted molar refractivity (Wildman–Crippen MR) is 124 cm³/mol. The lowest BCUT2D eigenvalue weighted by atomic mass is 10.1. The van der Waals surface area contributed by atoms with Gasteiger partial charge in [0.2, 0.25) is 5.91 Å². The summed E-state index contributed by atoms with van der Waals surface area (Å²) in [7, 11) is 3.08. The molecule has 31 heavy (non-hydrogen) atoms. The summed E-state index contributed by atoms with van der Waals surface area (Å²) < 4.78 is 10.6. The fourth-order valence-electron chi connectivity index (χ4n) is 2.77. The lowest BCUT2D eigenvalue weighted by Gasteiger charge is -2.12. The molecule has 0 spiro atoms. The molecule has 0 saturated heterocycles. The zero-order chi connectivity index (χ0) is 22.8. The van der Waals surface area contributed by atoms with E-state index in [0.29, 0.717) is 39.2 Å². The number of ether oxygens (including phenoxy) is 2. The van der Waals surface area contributed by atoms with Gasteiger partial charge in [-0.2, -0.15) is 0 Å². The maximum atomic E-state index is 12.7. The number of hydrogen-bond acceptors (Lipinski definition) is 4. The van der Waals surface area contributed by atoms with E-state index in [2.05, 4.69) is 10.6 Å². The highest BCUT2D eigenvalue weighted by atomic mass is 35.5. The van der Waals surface area contributed by atoms with Crippen molar-refractivity contribution in [1.29, 1.82) is 0 Å². The Labute approximate surface area is 192 Å². The highest BCUT2D eigenvalue weighted by Gasteiger charge is 2.15. The van der Waals surface area contributed by atoms with Crippen LogP contribution in [0.25, 0.3) is 6.08 Å². The van der Waals surface area contributed by atoms with Crippen LogP contribution in [0.1, 0.15) is 30.9 Å². The summed E-state index contributed by atoms with van der Waals surface area (Å²) in [5.41, 5.74) is 1.49. The standard InChI is InChI=1S/C23H26Cl2N2O4/c1-4-5-10-26-23(29)19(12-16-7-9-20(30-2)21(13-16)31-3)27-22(28)14-15-6-8-17(24)18(25)11-15/h6-9,11-13H,4-5,10,14H2,1-3H3,(H,26,29)(H,27,28)/b19-12-. The normalized spacial score (nSPS) is 11.1. The van der Waals surface area contributed by atoms with Crippen molar-refractivity contribution >= 4 is 41.1 Å². The molecule has 0 aliphatic rings. The van der Waals surface area contributed by atoms with Crippen molar-refractivity contribution < 1.29 is 19.1 Å². The summed E-state index contributed by atoms with van der Waals surface area (Å²) in [6, 6.07) is 10.2. The van der Waals surface area contributed by atoms with E-state index in [-0.39, 0.29) is 23.9 Å². The molecule has 0 bridgehead atoms. The second-order valence-electron chi connectivity index (χ2n) is 6.76. The van der Waals surface area contributed by atoms with Crippen LogP contribution in [-0.2, 0) is 16.0 Å². The van der Waals surface area contributed by atoms with Gasteiger partial charge in [-0.05, 0) is 47.9 Å². The van der Waals surface area contributed by atoms with Crippen molar-refractivity contribution in [2.75, 3.05) is 20.8 Å². The predicted octanol–water partition coefficient (Wildman–Crippen LogP) is 4.63. The molecule has 2 N–H and O–H groups in total. The van der Waals surface area contributed by atoms with Crippen molar-refractivity contribution in [3.8, 4) is 11.5 Å². The van der Waals surface area contributed by atoms with Crippen LogP contribution in [0.4, 0.5) is 0 Å². The van der Waals surface area contributed by atoms with E-state index in [0.717, 1.165) is 12.8 Å². The van der Waals surface area contributed by atoms with Gasteiger partial charge in [0, 0.05) is 6.54 Å². The SMILES string of the molecule is CCCCNC(=O)/C(=C/c1ccc(OC)c(OC)c1)NC(=O)Cc1ccc(Cl)c(Cl)c1. The fraction of sp³-hybridized carbons (Fsp3) is 0.304. The average Bonchev–Trinajstić information content (AvgIpc) is 2.75. The summed E-state index contributed by atoms with van der Waals surface area (Å²) in [6.07, 6.45) is 3.42. The van der Waals surface area contributed by atoms with E-state index in [1.54, 1.807) is 49.6 Å². The maximum Gasteiger partial charge on any atom is 0.267 e. The molecule has 0 heterocycles. The van der Waals surface area contributed by atoms with Crippen LogP contribution in [0.5, 0.6) is 11.5 Å². The minimum atomic E-state index is -0.370. The molecular formula is C23H26Cl2N2O4. The van der Waals surface area contributed by atoms with Crippen molar-refractivity contribution in [3.63, 3.8) is 0 Å². The van der Waals surface area contributed by atoms with E-state index in [1.165, 1.54) is 7.11 Å². The molecule has 0 saturated carbocycles. The molecule has 0 atom stereocenters. The van der Waals surface area contributed by atoms with Crippen LogP contribution in [0.15, 0.2) is 42.1 Å². The Kier molecular flexibility index (Phi) is 9.69. The van der Waals surface area contributed by atoms with Gasteiger partial charge in [0.25, 0.3) is 5.91 Å². The van der Waals surface area contributed by atoms with Crippen LogP contribution in [0, 0.1) is 0 Å². The van der Waals surface area contributed by atoms with Gasteiger partial charge in [-0.25, -0.2) is 0 Å². The van der Waals surface area contributed by atoms with E-state index in [1.807, 2.05) is 6.92 Å². The topological polar surface area (TPSA) is 76.7 Å². The zero-order valence-electron chi connectivity index (χ0n) is 17.8. The molecule has 166 valence electrons. The quantitative estimate of drug-likeness (QED) is 0.397. The van der Waals surface area contributed by atoms with Gasteiger partial charge in [0.05, 0.1) is 30.7 Å². The molecule has 0 aromatic heterocycles. The number of carbonyl (C=O) groups is 2. The van der Waals surface area contributed by atoms with Gasteiger partial charge >= 0.3 is 0 Å². The van der Waals surface area contributed by atoms with Gasteiger partial charge in [-0.15, -0.1) is 0 Å². The molecule has 0 aliphatic carbocycles. The number of unbranched alkanes of at least 4 members (excludes halogenated alkanes) is 1. The van der Waals surface area contributed by atoms with Crippen LogP contribution >= 0.6 is 23.2 Å². The van der Waals surface area contributed by atoms with Crippen molar-refractivity contribution in [1.82, 2.24) is 10.6 Å². The Bertz CT molecular complexity index is 961. The fourth-order valence-corrected chi connectivity index (χ4v) is 3.09. The van der Waals surface area contributed by atoms with Gasteiger partial charge < -0.3 is 20.1 Å². The van der Waals surface area contributed by atoms with Crippen LogP contribution in [0.3, 0.4) is 0 Å². The third kappa shape index (κ3) is 7.49. The van der Waals surface area contributed by atoms with Gasteiger partial charge in [-0.1, -0.05) is 48.7 Å². The average molecular weight is 465 g/mol. The Morgan fingerprint density at radius 3 is 2.39 bits per heavy atom. The van der Waals surface area contributed by atoms with E-state index < -0.39 is 0 Å². The lowest BCUT2D eigenvalue weighted by Crippen LogP contribution is -2.35. The third-order valence-electron chi connectivity index (χ3n) is 4.40. The van der Waals surface area contributed by atoms with Gasteiger partial charge in [0.15, 0.2) is 11.5 Å². The summed E-state index contributed by atoms with van der Waals surface area (Å²) in [4.78, 5) is 25.3. The second-order valence-corrected chi connectivity index (χ2v) is 7.57. The second kappa shape index (κ2) is 12.2. The minimum Gasteiger partial charge on any atom is -0.493 e. The number of benzene rings is 2. The number of methoxy groups -OCH3 is 2. The molecule has 2 rings (SSSR count). The summed E-state index contributed by atoms with van der Waals surface area (Å²) in [5, 5.41) is 6.31. The molecule has 0 radical (unpaired) electrons. The lowest BCUT2D eigenvalue weighted by molar-refractivity contribution is -0.123. The highest BCUT2D eigenvalue weighted by molar-refractivity contribution is 6.42. The van der Waals surface area contributed by atoms with E-state index >= 15 is 0 Å². The summed E-state index contributed by atoms with van der Waals surface area (Å²) in [5.74, 6) is 0.364. The number of carbonyl (C=O) groups excluding carboxylic acids is 2. The molecule has 2 aromatic carbocycles. The number of rotatable bonds is 10. The Morgan fingerprint density at radius 2 is 1.74 bits per heavy atom. The molecule has 0 fully saturated rings. The largest absolute Gasteiger partial charge is 0.493 e. The van der Waals surface area contributed by atoms with Crippen LogP contribution in [0.2, 0.25) is 10.0 Å². The molecule has 6 nitrogen and oxygen atoms in total. The molecular weight excluding hydrogens is 439 g/mol. The minimum absolute atomic E-state index is 0.0441. The maximum absolute atomic E-state index is 12.7. The molecule has 0 aliphatic heterocycles. The third-order valence-corrected chi connectivity index (χ3v) is 5.14. The monoisotopic (exact) mass is 464 g/mol.